The normalized spacial score (nSPS) is 11.7. The van der Waals surface area contributed by atoms with Gasteiger partial charge in [-0.1, -0.05) is 97.1 Å². The number of furan rings is 1. The number of hydrogen-bond acceptors (Lipinski definition) is 4. The van der Waals surface area contributed by atoms with Crippen molar-refractivity contribution in [2.45, 2.75) is 6.92 Å². The van der Waals surface area contributed by atoms with Crippen molar-refractivity contribution in [3.8, 4) is 39.9 Å². The van der Waals surface area contributed by atoms with Crippen LogP contribution < -0.4 is 0 Å². The lowest BCUT2D eigenvalue weighted by Crippen LogP contribution is -2.00. The molecule has 0 aliphatic carbocycles. The first-order chi connectivity index (χ1) is 22.2. The van der Waals surface area contributed by atoms with Crippen LogP contribution in [0.1, 0.15) is 5.56 Å². The molecule has 0 saturated heterocycles. The third-order valence-corrected chi connectivity index (χ3v) is 8.47. The average molecular weight is 579 g/mol. The molecule has 0 bridgehead atoms. The second-order valence-electron chi connectivity index (χ2n) is 11.4. The standard InChI is InChI=1S/C40H26N4O/c1-25-23-31-35-34(22-21-30-29-19-11-12-20-33(29)44(36(30)35)28-17-9-4-10-18-28)45-37(31)32(24-25)40-42-38(26-13-5-2-6-14-26)41-39(43-40)27-15-7-3-8-16-27/h2-24H,1H3. The van der Waals surface area contributed by atoms with Gasteiger partial charge in [-0.05, 0) is 55.0 Å². The number of hydrogen-bond donors (Lipinski definition) is 0. The molecule has 45 heavy (non-hydrogen) atoms. The van der Waals surface area contributed by atoms with Crippen LogP contribution in [0.4, 0.5) is 0 Å². The molecule has 3 heterocycles. The van der Waals surface area contributed by atoms with Crippen molar-refractivity contribution < 1.29 is 4.42 Å². The Morgan fingerprint density at radius 3 is 1.82 bits per heavy atom. The van der Waals surface area contributed by atoms with Gasteiger partial charge in [-0.15, -0.1) is 0 Å². The van der Waals surface area contributed by atoms with E-state index in [0.717, 1.165) is 60.9 Å². The van der Waals surface area contributed by atoms with Crippen molar-refractivity contribution >= 4 is 43.7 Å². The number of aryl methyl sites for hydroxylation is 1. The van der Waals surface area contributed by atoms with Gasteiger partial charge < -0.3 is 8.98 Å². The van der Waals surface area contributed by atoms with Gasteiger partial charge in [-0.2, -0.15) is 0 Å². The molecular weight excluding hydrogens is 552 g/mol. The zero-order chi connectivity index (χ0) is 29.9. The van der Waals surface area contributed by atoms with Crippen LogP contribution in [-0.4, -0.2) is 19.5 Å². The zero-order valence-electron chi connectivity index (χ0n) is 24.5. The first-order valence-corrected chi connectivity index (χ1v) is 15.0. The molecule has 212 valence electrons. The summed E-state index contributed by atoms with van der Waals surface area (Å²) in [6, 6.07) is 47.9. The molecule has 0 aliphatic heterocycles. The number of benzene rings is 6. The summed E-state index contributed by atoms with van der Waals surface area (Å²) >= 11 is 0. The van der Waals surface area contributed by atoms with Crippen LogP contribution in [0, 0.1) is 6.92 Å². The summed E-state index contributed by atoms with van der Waals surface area (Å²) in [5.41, 5.74) is 8.78. The highest BCUT2D eigenvalue weighted by Crippen LogP contribution is 2.43. The molecule has 3 aromatic heterocycles. The lowest BCUT2D eigenvalue weighted by Gasteiger charge is -2.10. The largest absolute Gasteiger partial charge is 0.455 e. The van der Waals surface area contributed by atoms with Crippen molar-refractivity contribution in [1.29, 1.82) is 0 Å². The molecule has 0 fully saturated rings. The van der Waals surface area contributed by atoms with Crippen molar-refractivity contribution in [1.82, 2.24) is 19.5 Å². The van der Waals surface area contributed by atoms with Crippen LogP contribution in [0.15, 0.2) is 144 Å². The minimum absolute atomic E-state index is 0.579. The maximum Gasteiger partial charge on any atom is 0.167 e. The van der Waals surface area contributed by atoms with E-state index in [-0.39, 0.29) is 0 Å². The Bertz CT molecular complexity index is 2470. The van der Waals surface area contributed by atoms with Gasteiger partial charge in [0.1, 0.15) is 11.2 Å². The van der Waals surface area contributed by atoms with Crippen molar-refractivity contribution in [3.05, 3.63) is 145 Å². The molecule has 6 aromatic carbocycles. The highest BCUT2D eigenvalue weighted by Gasteiger charge is 2.22. The van der Waals surface area contributed by atoms with Crippen molar-refractivity contribution in [2.75, 3.05) is 0 Å². The summed E-state index contributed by atoms with van der Waals surface area (Å²) < 4.78 is 9.12. The minimum atomic E-state index is 0.579. The fraction of sp³-hybridized carbons (Fsp3) is 0.0250. The van der Waals surface area contributed by atoms with Gasteiger partial charge >= 0.3 is 0 Å². The number of aromatic nitrogens is 4. The quantitative estimate of drug-likeness (QED) is 0.208. The molecule has 0 radical (unpaired) electrons. The van der Waals surface area contributed by atoms with Crippen LogP contribution in [0.25, 0.3) is 83.6 Å². The number of fused-ring (bicyclic) bond motifs is 7. The number of para-hydroxylation sites is 2. The van der Waals surface area contributed by atoms with E-state index in [9.17, 15) is 0 Å². The van der Waals surface area contributed by atoms with Crippen LogP contribution in [0.3, 0.4) is 0 Å². The van der Waals surface area contributed by atoms with E-state index < -0.39 is 0 Å². The predicted molar refractivity (Wildman–Crippen MR) is 182 cm³/mol. The Labute approximate surface area is 259 Å². The van der Waals surface area contributed by atoms with Crippen molar-refractivity contribution in [3.63, 3.8) is 0 Å². The maximum atomic E-state index is 6.77. The van der Waals surface area contributed by atoms with Crippen LogP contribution >= 0.6 is 0 Å². The average Bonchev–Trinajstić information content (AvgIpc) is 3.64. The van der Waals surface area contributed by atoms with E-state index in [1.54, 1.807) is 0 Å². The summed E-state index contributed by atoms with van der Waals surface area (Å²) in [7, 11) is 0. The van der Waals surface area contributed by atoms with E-state index in [0.29, 0.717) is 17.5 Å². The van der Waals surface area contributed by atoms with Gasteiger partial charge in [0.05, 0.1) is 22.0 Å². The molecule has 0 saturated carbocycles. The first-order valence-electron chi connectivity index (χ1n) is 15.0. The fourth-order valence-corrected chi connectivity index (χ4v) is 6.50. The molecule has 0 atom stereocenters. The Hall–Kier alpha value is -6.07. The molecule has 0 unspecified atom stereocenters. The molecule has 0 aliphatic rings. The van der Waals surface area contributed by atoms with E-state index in [1.807, 2.05) is 60.7 Å². The van der Waals surface area contributed by atoms with Crippen LogP contribution in [0.2, 0.25) is 0 Å². The molecule has 9 aromatic rings. The molecule has 0 N–H and O–H groups in total. The van der Waals surface area contributed by atoms with Gasteiger partial charge in [-0.3, -0.25) is 0 Å². The summed E-state index contributed by atoms with van der Waals surface area (Å²) in [5.74, 6) is 1.82. The minimum Gasteiger partial charge on any atom is -0.455 e. The van der Waals surface area contributed by atoms with Gasteiger partial charge in [-0.25, -0.2) is 15.0 Å². The lowest BCUT2D eigenvalue weighted by atomic mass is 10.0. The van der Waals surface area contributed by atoms with Gasteiger partial charge in [0.15, 0.2) is 17.5 Å². The lowest BCUT2D eigenvalue weighted by molar-refractivity contribution is 0.669. The zero-order valence-corrected chi connectivity index (χ0v) is 24.5. The second kappa shape index (κ2) is 10.00. The van der Waals surface area contributed by atoms with E-state index in [2.05, 4.69) is 90.4 Å². The van der Waals surface area contributed by atoms with E-state index in [1.165, 1.54) is 10.8 Å². The topological polar surface area (TPSA) is 56.7 Å². The Morgan fingerprint density at radius 2 is 1.13 bits per heavy atom. The Morgan fingerprint density at radius 1 is 0.533 bits per heavy atom. The highest BCUT2D eigenvalue weighted by atomic mass is 16.3. The first kappa shape index (κ1) is 25.4. The fourth-order valence-electron chi connectivity index (χ4n) is 6.50. The Balaban J connectivity index is 1.38. The molecular formula is C40H26N4O. The summed E-state index contributed by atoms with van der Waals surface area (Å²) in [5, 5.41) is 4.50. The summed E-state index contributed by atoms with van der Waals surface area (Å²) in [6.07, 6.45) is 0. The van der Waals surface area contributed by atoms with Gasteiger partial charge in [0, 0.05) is 33.0 Å². The third-order valence-electron chi connectivity index (χ3n) is 8.47. The molecule has 5 nitrogen and oxygen atoms in total. The second-order valence-corrected chi connectivity index (χ2v) is 11.4. The van der Waals surface area contributed by atoms with Crippen LogP contribution in [-0.2, 0) is 0 Å². The Kier molecular flexibility index (Phi) is 5.65. The molecule has 0 amide bonds. The number of nitrogens with zero attached hydrogens (tertiary/aromatic N) is 4. The molecule has 9 rings (SSSR count). The van der Waals surface area contributed by atoms with E-state index in [4.69, 9.17) is 19.4 Å². The van der Waals surface area contributed by atoms with Gasteiger partial charge in [0.25, 0.3) is 0 Å². The van der Waals surface area contributed by atoms with Gasteiger partial charge in [0.2, 0.25) is 0 Å². The SMILES string of the molecule is Cc1cc(-c2nc(-c3ccccc3)nc(-c3ccccc3)n2)c2oc3ccc4c5ccccc5n(-c5ccccc5)c4c3c2c1. The third kappa shape index (κ3) is 4.05. The highest BCUT2D eigenvalue weighted by molar-refractivity contribution is 6.25. The molecule has 5 heteroatoms. The van der Waals surface area contributed by atoms with Crippen LogP contribution in [0.5, 0.6) is 0 Å². The van der Waals surface area contributed by atoms with Crippen molar-refractivity contribution in [2.24, 2.45) is 0 Å². The summed E-state index contributed by atoms with van der Waals surface area (Å²) in [6.45, 7) is 2.12. The molecule has 0 spiro atoms. The predicted octanol–water partition coefficient (Wildman–Crippen LogP) is 10.2. The van der Waals surface area contributed by atoms with E-state index >= 15 is 0 Å². The maximum absolute atomic E-state index is 6.77. The summed E-state index contributed by atoms with van der Waals surface area (Å²) in [4.78, 5) is 15.0. The number of rotatable bonds is 4. The monoisotopic (exact) mass is 578 g/mol. The smallest absolute Gasteiger partial charge is 0.167 e.